The third kappa shape index (κ3) is 2.34. The third-order valence-electron chi connectivity index (χ3n) is 0.534. The Labute approximate surface area is 49.0 Å². The minimum absolute atomic E-state index is 0.486. The maximum atomic E-state index is 4.66. The summed E-state index contributed by atoms with van der Waals surface area (Å²) >= 11 is 4.66. The van der Waals surface area contributed by atoms with Crippen molar-refractivity contribution in [2.45, 2.75) is 6.92 Å². The second-order valence-corrected chi connectivity index (χ2v) is 1.64. The number of hydrogen-bond acceptors (Lipinski definition) is 2. The van der Waals surface area contributed by atoms with Gasteiger partial charge in [0.05, 0.1) is 7.11 Å². The van der Waals surface area contributed by atoms with Crippen LogP contribution in [0, 0.1) is 0 Å². The lowest BCUT2D eigenvalue weighted by Gasteiger charge is -1.96. The van der Waals surface area contributed by atoms with E-state index >= 15 is 0 Å². The maximum absolute atomic E-state index is 4.66. The molecule has 2 heteroatoms. The van der Waals surface area contributed by atoms with Crippen molar-refractivity contribution >= 4 is 17.3 Å². The molecule has 0 aliphatic rings. The van der Waals surface area contributed by atoms with E-state index in [4.69, 9.17) is 0 Å². The Morgan fingerprint density at radius 2 is 2.14 bits per heavy atom. The van der Waals surface area contributed by atoms with Crippen LogP contribution in [0.25, 0.3) is 0 Å². The molecule has 1 nitrogen and oxygen atoms in total. The Morgan fingerprint density at radius 3 is 2.14 bits per heavy atom. The van der Waals surface area contributed by atoms with Gasteiger partial charge in [0.25, 0.3) is 0 Å². The predicted molar refractivity (Wildman–Crippen MR) is 34.4 cm³/mol. The van der Waals surface area contributed by atoms with Crippen molar-refractivity contribution in [1.82, 2.24) is 0 Å². The second kappa shape index (κ2) is 2.75. The number of methoxy groups -OCH3 is 1. The van der Waals surface area contributed by atoms with Gasteiger partial charge in [-0.05, 0) is 24.7 Å². The molecule has 0 fully saturated rings. The molecule has 0 saturated heterocycles. The lowest BCUT2D eigenvalue weighted by atomic mass is 10.4. The first kappa shape index (κ1) is 6.63. The van der Waals surface area contributed by atoms with Crippen LogP contribution in [0.3, 0.4) is 0 Å². The third-order valence-corrected chi connectivity index (χ3v) is 1.05. The molecule has 0 aliphatic carbocycles. The number of ether oxygens (including phenoxy) is 1. The summed E-state index contributed by atoms with van der Waals surface area (Å²) in [4.78, 5) is 0. The minimum Gasteiger partial charge on any atom is -0.486 e. The summed E-state index contributed by atoms with van der Waals surface area (Å²) in [7, 11) is 1.54. The van der Waals surface area contributed by atoms with Crippen LogP contribution in [0.4, 0.5) is 0 Å². The van der Waals surface area contributed by atoms with Crippen molar-refractivity contribution < 1.29 is 4.74 Å². The molecule has 0 radical (unpaired) electrons. The predicted octanol–water partition coefficient (Wildman–Crippen LogP) is 1.54. The van der Waals surface area contributed by atoms with E-state index in [2.05, 4.69) is 23.5 Å². The smallest absolute Gasteiger partial charge is 0.185 e. The van der Waals surface area contributed by atoms with E-state index in [1.54, 1.807) is 0 Å². The van der Waals surface area contributed by atoms with Crippen LogP contribution in [0.2, 0.25) is 0 Å². The zero-order valence-electron chi connectivity index (χ0n) is 4.52. The summed E-state index contributed by atoms with van der Waals surface area (Å²) in [5.74, 6) is 0. The van der Waals surface area contributed by atoms with E-state index < -0.39 is 0 Å². The van der Waals surface area contributed by atoms with E-state index in [9.17, 15) is 0 Å². The number of hydrogen-bond donors (Lipinski definition) is 0. The van der Waals surface area contributed by atoms with Gasteiger partial charge in [-0.2, -0.15) is 0 Å². The van der Waals surface area contributed by atoms with E-state index in [1.165, 1.54) is 7.11 Å². The Hall–Kier alpha value is -0.370. The summed E-state index contributed by atoms with van der Waals surface area (Å²) in [5, 5.41) is 0.486. The Morgan fingerprint density at radius 1 is 1.71 bits per heavy atom. The van der Waals surface area contributed by atoms with Crippen molar-refractivity contribution in [2.75, 3.05) is 7.11 Å². The van der Waals surface area contributed by atoms with E-state index in [0.717, 1.165) is 5.57 Å². The first-order valence-electron chi connectivity index (χ1n) is 1.92. The summed E-state index contributed by atoms with van der Waals surface area (Å²) in [6.07, 6.45) is 0. The fourth-order valence-electron chi connectivity index (χ4n) is 0.174. The Kier molecular flexibility index (Phi) is 2.60. The number of thiocarbonyl (C=S) groups is 1. The molecule has 0 spiro atoms. The summed E-state index contributed by atoms with van der Waals surface area (Å²) < 4.78 is 4.64. The van der Waals surface area contributed by atoms with Crippen molar-refractivity contribution in [3.63, 3.8) is 0 Å². The van der Waals surface area contributed by atoms with E-state index in [1.807, 2.05) is 6.92 Å². The molecule has 0 aromatic rings. The van der Waals surface area contributed by atoms with Gasteiger partial charge in [-0.3, -0.25) is 0 Å². The van der Waals surface area contributed by atoms with Crippen LogP contribution in [0.5, 0.6) is 0 Å². The molecule has 0 saturated carbocycles. The minimum atomic E-state index is 0.486. The van der Waals surface area contributed by atoms with Gasteiger partial charge in [-0.15, -0.1) is 0 Å². The topological polar surface area (TPSA) is 9.23 Å². The molecule has 0 atom stereocenters. The molecular formula is C5H8OS. The van der Waals surface area contributed by atoms with Crippen LogP contribution in [-0.2, 0) is 4.74 Å². The van der Waals surface area contributed by atoms with Gasteiger partial charge >= 0.3 is 0 Å². The van der Waals surface area contributed by atoms with Crippen molar-refractivity contribution in [3.05, 3.63) is 12.2 Å². The lowest BCUT2D eigenvalue weighted by Crippen LogP contribution is -1.95. The van der Waals surface area contributed by atoms with E-state index in [0.29, 0.717) is 5.05 Å². The molecule has 0 bridgehead atoms. The van der Waals surface area contributed by atoms with Gasteiger partial charge in [0.2, 0.25) is 0 Å². The highest BCUT2D eigenvalue weighted by Gasteiger charge is 1.89. The van der Waals surface area contributed by atoms with Crippen LogP contribution >= 0.6 is 12.2 Å². The summed E-state index contributed by atoms with van der Waals surface area (Å²) in [5.41, 5.74) is 0.803. The van der Waals surface area contributed by atoms with Crippen LogP contribution in [-0.4, -0.2) is 12.2 Å². The average molecular weight is 116 g/mol. The molecule has 0 aromatic carbocycles. The average Bonchev–Trinajstić information content (AvgIpc) is 1.65. The van der Waals surface area contributed by atoms with Crippen molar-refractivity contribution in [2.24, 2.45) is 0 Å². The van der Waals surface area contributed by atoms with Crippen molar-refractivity contribution in [3.8, 4) is 0 Å². The molecule has 0 unspecified atom stereocenters. The lowest BCUT2D eigenvalue weighted by molar-refractivity contribution is 0.415. The van der Waals surface area contributed by atoms with Crippen molar-refractivity contribution in [1.29, 1.82) is 0 Å². The fourth-order valence-corrected chi connectivity index (χ4v) is 0.174. The molecule has 0 heterocycles. The largest absolute Gasteiger partial charge is 0.486 e. The summed E-state index contributed by atoms with van der Waals surface area (Å²) in [6.45, 7) is 5.37. The molecule has 0 aromatic heterocycles. The molecule has 0 aliphatic heterocycles. The van der Waals surface area contributed by atoms with Gasteiger partial charge < -0.3 is 4.74 Å². The Balaban J connectivity index is 3.58. The highest BCUT2D eigenvalue weighted by Crippen LogP contribution is 1.91. The molecular weight excluding hydrogens is 108 g/mol. The van der Waals surface area contributed by atoms with Gasteiger partial charge in [-0.25, -0.2) is 0 Å². The second-order valence-electron chi connectivity index (χ2n) is 1.27. The highest BCUT2D eigenvalue weighted by atomic mass is 32.1. The quantitative estimate of drug-likeness (QED) is 0.379. The van der Waals surface area contributed by atoms with Gasteiger partial charge in [0.15, 0.2) is 5.05 Å². The molecule has 0 rings (SSSR count). The zero-order valence-corrected chi connectivity index (χ0v) is 5.34. The van der Waals surface area contributed by atoms with Gasteiger partial charge in [0.1, 0.15) is 0 Å². The molecule has 40 valence electrons. The van der Waals surface area contributed by atoms with E-state index in [-0.39, 0.29) is 0 Å². The first-order valence-corrected chi connectivity index (χ1v) is 2.33. The normalized spacial score (nSPS) is 7.71. The fraction of sp³-hybridized carbons (Fsp3) is 0.400. The van der Waals surface area contributed by atoms with Crippen LogP contribution in [0.15, 0.2) is 12.2 Å². The molecule has 7 heavy (non-hydrogen) atoms. The Bertz CT molecular complexity index is 96.3. The summed E-state index contributed by atoms with van der Waals surface area (Å²) in [6, 6.07) is 0. The zero-order chi connectivity index (χ0) is 5.86. The SMILES string of the molecule is C=C(C)C(=S)OC. The standard InChI is InChI=1S/C5H8OS/c1-4(2)5(7)6-3/h1H2,2-3H3. The monoisotopic (exact) mass is 116 g/mol. The van der Waals surface area contributed by atoms with Crippen LogP contribution < -0.4 is 0 Å². The molecule has 0 amide bonds. The van der Waals surface area contributed by atoms with Gasteiger partial charge in [-0.1, -0.05) is 6.58 Å². The molecule has 0 N–H and O–H groups in total. The number of rotatable bonds is 1. The van der Waals surface area contributed by atoms with Gasteiger partial charge in [0, 0.05) is 0 Å². The first-order chi connectivity index (χ1) is 3.18. The highest BCUT2D eigenvalue weighted by molar-refractivity contribution is 7.80. The maximum Gasteiger partial charge on any atom is 0.185 e. The van der Waals surface area contributed by atoms with Crippen LogP contribution in [0.1, 0.15) is 6.92 Å².